The predicted molar refractivity (Wildman–Crippen MR) is 121 cm³/mol. The topological polar surface area (TPSA) is 58.6 Å². The Labute approximate surface area is 184 Å². The number of carbonyl (C=O) groups is 2. The summed E-state index contributed by atoms with van der Waals surface area (Å²) in [5.41, 5.74) is 2.71. The van der Waals surface area contributed by atoms with Crippen molar-refractivity contribution in [1.82, 2.24) is 10.2 Å². The van der Waals surface area contributed by atoms with Gasteiger partial charge in [0.25, 0.3) is 5.91 Å². The van der Waals surface area contributed by atoms with Crippen molar-refractivity contribution in [2.75, 3.05) is 12.9 Å². The van der Waals surface area contributed by atoms with Crippen LogP contribution in [0.3, 0.4) is 0 Å². The van der Waals surface area contributed by atoms with Crippen LogP contribution in [-0.4, -0.2) is 29.6 Å². The number of amides is 2. The zero-order valence-electron chi connectivity index (χ0n) is 16.5. The molecule has 7 heteroatoms. The van der Waals surface area contributed by atoms with E-state index in [1.807, 2.05) is 70.9 Å². The zero-order chi connectivity index (χ0) is 20.9. The third kappa shape index (κ3) is 4.52. The first kappa shape index (κ1) is 20.5. The number of methoxy groups -OCH3 is 1. The van der Waals surface area contributed by atoms with Gasteiger partial charge < -0.3 is 15.0 Å². The van der Waals surface area contributed by atoms with Crippen LogP contribution in [0.1, 0.15) is 31.7 Å². The fourth-order valence-electron chi connectivity index (χ4n) is 3.39. The highest BCUT2D eigenvalue weighted by Gasteiger charge is 2.37. The molecule has 0 radical (unpaired) electrons. The molecule has 1 aromatic heterocycles. The van der Waals surface area contributed by atoms with Crippen LogP contribution in [-0.2, 0) is 17.9 Å². The van der Waals surface area contributed by atoms with Gasteiger partial charge in [-0.05, 0) is 40.8 Å². The largest absolute Gasteiger partial charge is 0.497 e. The van der Waals surface area contributed by atoms with Crippen LogP contribution in [0, 0.1) is 0 Å². The van der Waals surface area contributed by atoms with Gasteiger partial charge in [-0.15, -0.1) is 23.1 Å². The summed E-state index contributed by atoms with van der Waals surface area (Å²) in [6.07, 6.45) is 0. The molecule has 154 valence electrons. The molecule has 2 amide bonds. The summed E-state index contributed by atoms with van der Waals surface area (Å²) in [7, 11) is 1.63. The summed E-state index contributed by atoms with van der Waals surface area (Å²) in [5.74, 6) is 1.04. The Bertz CT molecular complexity index is 1020. The highest BCUT2D eigenvalue weighted by molar-refractivity contribution is 8.00. The maximum atomic E-state index is 12.9. The summed E-state index contributed by atoms with van der Waals surface area (Å²) in [5, 5.41) is 4.80. The number of ether oxygens (including phenoxy) is 1. The first-order chi connectivity index (χ1) is 14.7. The molecule has 1 aliphatic heterocycles. The van der Waals surface area contributed by atoms with E-state index < -0.39 is 0 Å². The van der Waals surface area contributed by atoms with E-state index in [9.17, 15) is 9.59 Å². The second-order valence-electron chi connectivity index (χ2n) is 6.89. The van der Waals surface area contributed by atoms with E-state index in [0.717, 1.165) is 27.3 Å². The van der Waals surface area contributed by atoms with Gasteiger partial charge in [0.05, 0.1) is 19.4 Å². The van der Waals surface area contributed by atoms with E-state index in [2.05, 4.69) is 5.32 Å². The number of rotatable bonds is 8. The number of thioether (sulfide) groups is 1. The number of benzene rings is 2. The SMILES string of the molecule is COc1ccc(CNC(=O)CSC2c3ccccc3C(=O)N2Cc2cccs2)cc1. The lowest BCUT2D eigenvalue weighted by molar-refractivity contribution is -0.118. The lowest BCUT2D eigenvalue weighted by atomic mass is 10.1. The summed E-state index contributed by atoms with van der Waals surface area (Å²) in [4.78, 5) is 28.4. The van der Waals surface area contributed by atoms with Crippen LogP contribution >= 0.6 is 23.1 Å². The molecule has 30 heavy (non-hydrogen) atoms. The van der Waals surface area contributed by atoms with Gasteiger partial charge in [-0.2, -0.15) is 0 Å². The molecule has 0 spiro atoms. The number of nitrogens with zero attached hydrogens (tertiary/aromatic N) is 1. The van der Waals surface area contributed by atoms with Gasteiger partial charge in [-0.3, -0.25) is 9.59 Å². The number of hydrogen-bond donors (Lipinski definition) is 1. The number of carbonyl (C=O) groups excluding carboxylic acids is 2. The smallest absolute Gasteiger partial charge is 0.255 e. The Kier molecular flexibility index (Phi) is 6.40. The monoisotopic (exact) mass is 438 g/mol. The summed E-state index contributed by atoms with van der Waals surface area (Å²) < 4.78 is 5.15. The van der Waals surface area contributed by atoms with E-state index >= 15 is 0 Å². The molecule has 4 rings (SSSR count). The minimum atomic E-state index is -0.164. The molecule has 0 bridgehead atoms. The van der Waals surface area contributed by atoms with Crippen molar-refractivity contribution >= 4 is 34.9 Å². The minimum absolute atomic E-state index is 0.0233. The van der Waals surface area contributed by atoms with Gasteiger partial charge in [0.2, 0.25) is 5.91 Å². The lowest BCUT2D eigenvalue weighted by Crippen LogP contribution is -2.28. The molecular weight excluding hydrogens is 416 g/mol. The van der Waals surface area contributed by atoms with E-state index in [1.54, 1.807) is 18.4 Å². The van der Waals surface area contributed by atoms with Gasteiger partial charge in [0, 0.05) is 17.0 Å². The van der Waals surface area contributed by atoms with Crippen molar-refractivity contribution in [3.8, 4) is 5.75 Å². The van der Waals surface area contributed by atoms with Crippen molar-refractivity contribution in [3.63, 3.8) is 0 Å². The minimum Gasteiger partial charge on any atom is -0.497 e. The molecule has 0 saturated carbocycles. The third-order valence-corrected chi connectivity index (χ3v) is 7.04. The number of fused-ring (bicyclic) bond motifs is 1. The average molecular weight is 439 g/mol. The molecule has 1 N–H and O–H groups in total. The summed E-state index contributed by atoms with van der Waals surface area (Å²) in [6.45, 7) is 1.01. The van der Waals surface area contributed by atoms with Crippen molar-refractivity contribution in [2.45, 2.75) is 18.5 Å². The second kappa shape index (κ2) is 9.36. The third-order valence-electron chi connectivity index (χ3n) is 4.93. The average Bonchev–Trinajstić information content (AvgIpc) is 3.39. The molecule has 1 unspecified atom stereocenters. The Morgan fingerprint density at radius 2 is 1.93 bits per heavy atom. The van der Waals surface area contributed by atoms with Crippen LogP contribution < -0.4 is 10.1 Å². The maximum absolute atomic E-state index is 12.9. The Hall–Kier alpha value is -2.77. The molecular formula is C23H22N2O3S2. The van der Waals surface area contributed by atoms with Gasteiger partial charge in [0.15, 0.2) is 0 Å². The molecule has 2 heterocycles. The van der Waals surface area contributed by atoms with E-state index in [0.29, 0.717) is 13.1 Å². The standard InChI is InChI=1S/C23H22N2O3S2/c1-28-17-10-8-16(9-11-17)13-24-21(26)15-30-23-20-7-3-2-6-19(20)22(27)25(23)14-18-5-4-12-29-18/h2-12,23H,13-15H2,1H3,(H,24,26). The Balaban J connectivity index is 1.39. The van der Waals surface area contributed by atoms with E-state index in [4.69, 9.17) is 4.74 Å². The van der Waals surface area contributed by atoms with E-state index in [-0.39, 0.29) is 22.9 Å². The molecule has 0 aliphatic carbocycles. The Morgan fingerprint density at radius 3 is 2.67 bits per heavy atom. The van der Waals surface area contributed by atoms with E-state index in [1.165, 1.54) is 11.8 Å². The molecule has 1 atom stereocenters. The van der Waals surface area contributed by atoms with Crippen molar-refractivity contribution in [1.29, 1.82) is 0 Å². The first-order valence-corrected chi connectivity index (χ1v) is 11.5. The highest BCUT2D eigenvalue weighted by atomic mass is 32.2. The fourth-order valence-corrected chi connectivity index (χ4v) is 5.24. The Morgan fingerprint density at radius 1 is 1.13 bits per heavy atom. The second-order valence-corrected chi connectivity index (χ2v) is 8.99. The molecule has 0 saturated heterocycles. The summed E-state index contributed by atoms with van der Waals surface area (Å²) >= 11 is 3.12. The highest BCUT2D eigenvalue weighted by Crippen LogP contribution is 2.42. The molecule has 5 nitrogen and oxygen atoms in total. The fraction of sp³-hybridized carbons (Fsp3) is 0.217. The first-order valence-electron chi connectivity index (χ1n) is 9.59. The van der Waals surface area contributed by atoms with Crippen LogP contribution in [0.5, 0.6) is 5.75 Å². The quantitative estimate of drug-likeness (QED) is 0.564. The van der Waals surface area contributed by atoms with Crippen LogP contribution in [0.4, 0.5) is 0 Å². The van der Waals surface area contributed by atoms with Crippen LogP contribution in [0.25, 0.3) is 0 Å². The molecule has 0 fully saturated rings. The van der Waals surface area contributed by atoms with Crippen LogP contribution in [0.15, 0.2) is 66.0 Å². The number of nitrogens with one attached hydrogen (secondary N) is 1. The van der Waals surface area contributed by atoms with Crippen molar-refractivity contribution in [2.24, 2.45) is 0 Å². The number of thiophene rings is 1. The predicted octanol–water partition coefficient (Wildman–Crippen LogP) is 4.46. The van der Waals surface area contributed by atoms with Gasteiger partial charge in [0.1, 0.15) is 11.1 Å². The number of hydrogen-bond acceptors (Lipinski definition) is 5. The zero-order valence-corrected chi connectivity index (χ0v) is 18.2. The lowest BCUT2D eigenvalue weighted by Gasteiger charge is -2.24. The normalized spacial score (nSPS) is 15.2. The molecule has 2 aromatic carbocycles. The molecule has 3 aromatic rings. The summed E-state index contributed by atoms with van der Waals surface area (Å²) in [6, 6.07) is 19.3. The van der Waals surface area contributed by atoms with Crippen molar-refractivity contribution < 1.29 is 14.3 Å². The van der Waals surface area contributed by atoms with Gasteiger partial charge in [-0.1, -0.05) is 36.4 Å². The van der Waals surface area contributed by atoms with Crippen molar-refractivity contribution in [3.05, 3.63) is 87.6 Å². The maximum Gasteiger partial charge on any atom is 0.255 e. The molecule has 1 aliphatic rings. The van der Waals surface area contributed by atoms with Gasteiger partial charge in [-0.25, -0.2) is 0 Å². The van der Waals surface area contributed by atoms with Gasteiger partial charge >= 0.3 is 0 Å². The van der Waals surface area contributed by atoms with Crippen LogP contribution in [0.2, 0.25) is 0 Å².